The van der Waals surface area contributed by atoms with Crippen LogP contribution in [0, 0.1) is 0 Å². The van der Waals surface area contributed by atoms with Crippen molar-refractivity contribution in [2.75, 3.05) is 10.6 Å². The summed E-state index contributed by atoms with van der Waals surface area (Å²) in [4.78, 5) is 36.3. The Morgan fingerprint density at radius 3 is 2.39 bits per heavy atom. The van der Waals surface area contributed by atoms with Crippen molar-refractivity contribution in [1.82, 2.24) is 20.3 Å². The van der Waals surface area contributed by atoms with E-state index >= 15 is 0 Å². The Bertz CT molecular complexity index is 1090. The van der Waals surface area contributed by atoms with Gasteiger partial charge in [0.2, 0.25) is 5.91 Å². The number of urea groups is 1. The molecule has 1 aromatic heterocycles. The summed E-state index contributed by atoms with van der Waals surface area (Å²) in [6.07, 6.45) is 2.03. The molecule has 0 unspecified atom stereocenters. The largest absolute Gasteiger partial charge is 0.335 e. The van der Waals surface area contributed by atoms with E-state index in [0.717, 1.165) is 17.5 Å². The molecule has 0 atom stereocenters. The number of fused-ring (bicyclic) bond motifs is 1. The van der Waals surface area contributed by atoms with E-state index in [2.05, 4.69) is 26.3 Å². The SMILES string of the molecule is O=C(Cn1nnc2ccccc2c1=O)Nc1ccc(NC(=O)NC2CC2)cc1. The number of hydrogen-bond acceptors (Lipinski definition) is 5. The number of benzene rings is 2. The fourth-order valence-electron chi connectivity index (χ4n) is 2.68. The Labute approximate surface area is 159 Å². The van der Waals surface area contributed by atoms with Crippen LogP contribution in [0.4, 0.5) is 16.2 Å². The molecule has 0 spiro atoms. The first-order chi connectivity index (χ1) is 13.6. The fraction of sp³-hybridized carbons (Fsp3) is 0.211. The van der Waals surface area contributed by atoms with E-state index in [1.807, 2.05) is 0 Å². The molecule has 142 valence electrons. The van der Waals surface area contributed by atoms with E-state index in [1.165, 1.54) is 0 Å². The average molecular weight is 378 g/mol. The monoisotopic (exact) mass is 378 g/mol. The molecule has 2 aromatic carbocycles. The van der Waals surface area contributed by atoms with Gasteiger partial charge in [0, 0.05) is 17.4 Å². The summed E-state index contributed by atoms with van der Waals surface area (Å²) in [5, 5.41) is 16.4. The molecule has 9 heteroatoms. The number of aromatic nitrogens is 3. The van der Waals surface area contributed by atoms with E-state index in [0.29, 0.717) is 22.3 Å². The first kappa shape index (κ1) is 17.7. The first-order valence-electron chi connectivity index (χ1n) is 8.88. The molecule has 0 aliphatic heterocycles. The van der Waals surface area contributed by atoms with Gasteiger partial charge in [0.1, 0.15) is 12.1 Å². The predicted molar refractivity (Wildman–Crippen MR) is 104 cm³/mol. The van der Waals surface area contributed by atoms with Gasteiger partial charge >= 0.3 is 6.03 Å². The van der Waals surface area contributed by atoms with Gasteiger partial charge in [0.05, 0.1) is 5.39 Å². The molecular weight excluding hydrogens is 360 g/mol. The molecule has 9 nitrogen and oxygen atoms in total. The summed E-state index contributed by atoms with van der Waals surface area (Å²) in [7, 11) is 0. The van der Waals surface area contributed by atoms with Gasteiger partial charge in [-0.15, -0.1) is 5.10 Å². The highest BCUT2D eigenvalue weighted by Gasteiger charge is 2.23. The number of hydrogen-bond donors (Lipinski definition) is 3. The molecule has 3 aromatic rings. The molecule has 4 rings (SSSR count). The van der Waals surface area contributed by atoms with Crippen molar-refractivity contribution in [3.63, 3.8) is 0 Å². The second-order valence-electron chi connectivity index (χ2n) is 6.57. The molecule has 1 saturated carbocycles. The van der Waals surface area contributed by atoms with E-state index in [4.69, 9.17) is 0 Å². The molecule has 1 aliphatic rings. The van der Waals surface area contributed by atoms with Crippen molar-refractivity contribution in [2.45, 2.75) is 25.4 Å². The highest BCUT2D eigenvalue weighted by Crippen LogP contribution is 2.19. The summed E-state index contributed by atoms with van der Waals surface area (Å²) in [6.45, 7) is -0.250. The van der Waals surface area contributed by atoms with Crippen molar-refractivity contribution in [2.24, 2.45) is 0 Å². The second kappa shape index (κ2) is 7.47. The Kier molecular flexibility index (Phi) is 4.71. The zero-order chi connectivity index (χ0) is 19.5. The molecular formula is C19H18N6O3. The molecule has 1 fully saturated rings. The number of carbonyl (C=O) groups excluding carboxylic acids is 2. The third-order valence-corrected chi connectivity index (χ3v) is 4.26. The first-order valence-corrected chi connectivity index (χ1v) is 8.88. The minimum atomic E-state index is -0.404. The van der Waals surface area contributed by atoms with Crippen molar-refractivity contribution in [3.05, 3.63) is 58.9 Å². The van der Waals surface area contributed by atoms with Crippen molar-refractivity contribution < 1.29 is 9.59 Å². The lowest BCUT2D eigenvalue weighted by molar-refractivity contribution is -0.117. The third kappa shape index (κ3) is 4.14. The maximum absolute atomic E-state index is 12.4. The van der Waals surface area contributed by atoms with Crippen molar-refractivity contribution in [3.8, 4) is 0 Å². The van der Waals surface area contributed by atoms with Gasteiger partial charge in [0.15, 0.2) is 0 Å². The molecule has 1 aliphatic carbocycles. The van der Waals surface area contributed by atoms with Gasteiger partial charge in [-0.25, -0.2) is 9.48 Å². The van der Waals surface area contributed by atoms with Crippen LogP contribution in [-0.2, 0) is 11.3 Å². The van der Waals surface area contributed by atoms with Crippen LogP contribution in [0.5, 0.6) is 0 Å². The van der Waals surface area contributed by atoms with Crippen LogP contribution in [0.3, 0.4) is 0 Å². The maximum atomic E-state index is 12.4. The summed E-state index contributed by atoms with van der Waals surface area (Å²) >= 11 is 0. The Morgan fingerprint density at radius 2 is 1.68 bits per heavy atom. The van der Waals surface area contributed by atoms with Crippen LogP contribution in [0.1, 0.15) is 12.8 Å². The second-order valence-corrected chi connectivity index (χ2v) is 6.57. The predicted octanol–water partition coefficient (Wildman–Crippen LogP) is 1.71. The van der Waals surface area contributed by atoms with E-state index in [9.17, 15) is 14.4 Å². The molecule has 28 heavy (non-hydrogen) atoms. The van der Waals surface area contributed by atoms with Gasteiger partial charge in [-0.1, -0.05) is 17.3 Å². The lowest BCUT2D eigenvalue weighted by Crippen LogP contribution is -2.30. The highest BCUT2D eigenvalue weighted by atomic mass is 16.2. The van der Waals surface area contributed by atoms with Gasteiger partial charge in [-0.2, -0.15) is 0 Å². The summed E-state index contributed by atoms with van der Waals surface area (Å²) in [6, 6.07) is 13.6. The van der Waals surface area contributed by atoms with Crippen LogP contribution in [0.15, 0.2) is 53.3 Å². The van der Waals surface area contributed by atoms with Crippen molar-refractivity contribution in [1.29, 1.82) is 0 Å². The zero-order valence-corrected chi connectivity index (χ0v) is 14.9. The van der Waals surface area contributed by atoms with E-state index in [1.54, 1.807) is 48.5 Å². The normalized spacial score (nSPS) is 13.1. The average Bonchev–Trinajstić information content (AvgIpc) is 3.50. The number of carbonyl (C=O) groups is 2. The van der Waals surface area contributed by atoms with Crippen LogP contribution >= 0.6 is 0 Å². The molecule has 3 N–H and O–H groups in total. The third-order valence-electron chi connectivity index (χ3n) is 4.26. The van der Waals surface area contributed by atoms with E-state index in [-0.39, 0.29) is 24.2 Å². The quantitative estimate of drug-likeness (QED) is 0.625. The number of nitrogens with one attached hydrogen (secondary N) is 3. The minimum Gasteiger partial charge on any atom is -0.335 e. The lowest BCUT2D eigenvalue weighted by atomic mass is 10.2. The Hall–Kier alpha value is -3.75. The van der Waals surface area contributed by atoms with Gasteiger partial charge in [0.25, 0.3) is 5.56 Å². The Morgan fingerprint density at radius 1 is 1.00 bits per heavy atom. The smallest absolute Gasteiger partial charge is 0.319 e. The highest BCUT2D eigenvalue weighted by molar-refractivity contribution is 5.92. The van der Waals surface area contributed by atoms with Crippen LogP contribution in [0.25, 0.3) is 10.9 Å². The van der Waals surface area contributed by atoms with Crippen molar-refractivity contribution >= 4 is 34.2 Å². The van der Waals surface area contributed by atoms with E-state index < -0.39 is 5.91 Å². The van der Waals surface area contributed by atoms with Crippen LogP contribution in [0.2, 0.25) is 0 Å². The van der Waals surface area contributed by atoms with Gasteiger partial charge in [-0.3, -0.25) is 9.59 Å². The Balaban J connectivity index is 1.37. The van der Waals surface area contributed by atoms with Gasteiger partial charge < -0.3 is 16.0 Å². The standard InChI is InChI=1S/C19H18N6O3/c26-17(11-25-18(27)15-3-1-2-4-16(15)23-24-25)20-12-5-7-13(8-6-12)21-19(28)22-14-9-10-14/h1-8,14H,9-11H2,(H,20,26)(H2,21,22,28). The summed E-state index contributed by atoms with van der Waals surface area (Å²) in [5.41, 5.74) is 1.27. The fourth-order valence-corrected chi connectivity index (χ4v) is 2.68. The number of nitrogens with zero attached hydrogens (tertiary/aromatic N) is 3. The molecule has 0 saturated heterocycles. The number of rotatable bonds is 5. The number of amides is 3. The summed E-state index contributed by atoms with van der Waals surface area (Å²) in [5.74, 6) is -0.404. The molecule has 0 bridgehead atoms. The van der Waals surface area contributed by atoms with Crippen LogP contribution < -0.4 is 21.5 Å². The molecule has 3 amide bonds. The molecule has 0 radical (unpaired) electrons. The zero-order valence-electron chi connectivity index (χ0n) is 14.9. The topological polar surface area (TPSA) is 118 Å². The number of anilines is 2. The molecule has 1 heterocycles. The van der Waals surface area contributed by atoms with Gasteiger partial charge in [-0.05, 0) is 49.2 Å². The lowest BCUT2D eigenvalue weighted by Gasteiger charge is -2.09. The maximum Gasteiger partial charge on any atom is 0.319 e. The minimum absolute atomic E-state index is 0.242. The van der Waals surface area contributed by atoms with Crippen LogP contribution in [-0.4, -0.2) is 33.0 Å². The summed E-state index contributed by atoms with van der Waals surface area (Å²) < 4.78 is 1.02.